The van der Waals surface area contributed by atoms with E-state index in [2.05, 4.69) is 21.8 Å². The Bertz CT molecular complexity index is 341. The van der Waals surface area contributed by atoms with Crippen LogP contribution in [0.25, 0.3) is 0 Å². The molecule has 0 radical (unpaired) electrons. The molecule has 0 saturated carbocycles. The Balaban J connectivity index is 2.27. The van der Waals surface area contributed by atoms with Crippen LogP contribution in [0.2, 0.25) is 10.4 Å². The minimum Gasteiger partial charge on any atom is -0.377 e. The SMILES string of the molecule is CC1COCCN1c1cc(Cl)nc(Cl)n1. The third-order valence-corrected chi connectivity index (χ3v) is 2.68. The summed E-state index contributed by atoms with van der Waals surface area (Å²) in [4.78, 5) is 10.1. The van der Waals surface area contributed by atoms with Crippen molar-refractivity contribution in [3.63, 3.8) is 0 Å². The molecule has 1 saturated heterocycles. The number of anilines is 1. The van der Waals surface area contributed by atoms with Crippen molar-refractivity contribution in [2.45, 2.75) is 13.0 Å². The van der Waals surface area contributed by atoms with Gasteiger partial charge in [0.25, 0.3) is 0 Å². The zero-order valence-electron chi connectivity index (χ0n) is 8.28. The van der Waals surface area contributed by atoms with E-state index in [9.17, 15) is 0 Å². The third kappa shape index (κ3) is 2.51. The lowest BCUT2D eigenvalue weighted by Gasteiger charge is -2.34. The molecule has 0 aromatic carbocycles. The fourth-order valence-electron chi connectivity index (χ4n) is 1.59. The standard InChI is InChI=1S/C9H11Cl2N3O/c1-6-5-15-3-2-14(6)8-4-7(10)12-9(11)13-8/h4,6H,2-3,5H2,1H3. The van der Waals surface area contributed by atoms with E-state index in [0.717, 1.165) is 12.4 Å². The van der Waals surface area contributed by atoms with Crippen LogP contribution in [0.5, 0.6) is 0 Å². The van der Waals surface area contributed by atoms with Gasteiger partial charge in [0.2, 0.25) is 5.28 Å². The molecule has 1 aromatic rings. The second kappa shape index (κ2) is 4.51. The summed E-state index contributed by atoms with van der Waals surface area (Å²) in [7, 11) is 0. The van der Waals surface area contributed by atoms with Gasteiger partial charge in [0.1, 0.15) is 11.0 Å². The van der Waals surface area contributed by atoms with Crippen LogP contribution < -0.4 is 4.90 Å². The lowest BCUT2D eigenvalue weighted by atomic mass is 10.2. The molecule has 2 rings (SSSR count). The number of ether oxygens (including phenoxy) is 1. The zero-order chi connectivity index (χ0) is 10.8. The molecule has 0 aliphatic carbocycles. The second-order valence-corrected chi connectivity index (χ2v) is 4.16. The predicted molar refractivity (Wildman–Crippen MR) is 59.7 cm³/mol. The van der Waals surface area contributed by atoms with Crippen LogP contribution in [0.4, 0.5) is 5.82 Å². The third-order valence-electron chi connectivity index (χ3n) is 2.32. The van der Waals surface area contributed by atoms with E-state index < -0.39 is 0 Å². The van der Waals surface area contributed by atoms with E-state index in [1.54, 1.807) is 6.07 Å². The highest BCUT2D eigenvalue weighted by Crippen LogP contribution is 2.21. The monoisotopic (exact) mass is 247 g/mol. The van der Waals surface area contributed by atoms with Gasteiger partial charge in [-0.05, 0) is 18.5 Å². The molecule has 1 aromatic heterocycles. The highest BCUT2D eigenvalue weighted by Gasteiger charge is 2.20. The molecule has 1 unspecified atom stereocenters. The maximum atomic E-state index is 5.82. The van der Waals surface area contributed by atoms with Crippen LogP contribution >= 0.6 is 23.2 Å². The molecule has 82 valence electrons. The van der Waals surface area contributed by atoms with Crippen molar-refractivity contribution in [1.29, 1.82) is 0 Å². The van der Waals surface area contributed by atoms with E-state index in [-0.39, 0.29) is 11.3 Å². The summed E-state index contributed by atoms with van der Waals surface area (Å²) in [5.74, 6) is 0.760. The van der Waals surface area contributed by atoms with E-state index in [0.29, 0.717) is 18.4 Å². The van der Waals surface area contributed by atoms with Crippen LogP contribution in [0.15, 0.2) is 6.07 Å². The summed E-state index contributed by atoms with van der Waals surface area (Å²) >= 11 is 11.6. The number of aromatic nitrogens is 2. The molecule has 6 heteroatoms. The number of halogens is 2. The van der Waals surface area contributed by atoms with Crippen molar-refractivity contribution < 1.29 is 4.74 Å². The van der Waals surface area contributed by atoms with E-state index in [1.165, 1.54) is 0 Å². The van der Waals surface area contributed by atoms with Crippen molar-refractivity contribution in [2.75, 3.05) is 24.7 Å². The molecule has 4 nitrogen and oxygen atoms in total. The summed E-state index contributed by atoms with van der Waals surface area (Å²) in [6.45, 7) is 4.26. The molecule has 1 fully saturated rings. The van der Waals surface area contributed by atoms with Gasteiger partial charge in [0.15, 0.2) is 0 Å². The molecule has 0 amide bonds. The summed E-state index contributed by atoms with van der Waals surface area (Å²) in [5, 5.41) is 0.542. The fourth-order valence-corrected chi connectivity index (χ4v) is 1.99. The van der Waals surface area contributed by atoms with Gasteiger partial charge in [-0.15, -0.1) is 0 Å². The van der Waals surface area contributed by atoms with E-state index in [1.807, 2.05) is 0 Å². The Morgan fingerprint density at radius 2 is 2.27 bits per heavy atom. The van der Waals surface area contributed by atoms with Crippen LogP contribution in [0, 0.1) is 0 Å². The number of hydrogen-bond donors (Lipinski definition) is 0. The Labute approximate surface area is 98.2 Å². The topological polar surface area (TPSA) is 38.2 Å². The maximum Gasteiger partial charge on any atom is 0.225 e. The van der Waals surface area contributed by atoms with Gasteiger partial charge < -0.3 is 9.64 Å². The molecule has 0 N–H and O–H groups in total. The normalized spacial score (nSPS) is 21.8. The first-order chi connectivity index (χ1) is 7.16. The minimum absolute atomic E-state index is 0.177. The summed E-state index contributed by atoms with van der Waals surface area (Å²) in [6, 6.07) is 2.00. The molecule has 1 atom stereocenters. The molecule has 2 heterocycles. The Hall–Kier alpha value is -0.580. The van der Waals surface area contributed by atoms with Crippen molar-refractivity contribution in [1.82, 2.24) is 9.97 Å². The average molecular weight is 248 g/mol. The van der Waals surface area contributed by atoms with E-state index >= 15 is 0 Å². The molecule has 1 aliphatic heterocycles. The van der Waals surface area contributed by atoms with Gasteiger partial charge in [-0.25, -0.2) is 9.97 Å². The van der Waals surface area contributed by atoms with Crippen molar-refractivity contribution in [2.24, 2.45) is 0 Å². The summed E-state index contributed by atoms with van der Waals surface area (Å²) in [6.07, 6.45) is 0. The molecule has 0 bridgehead atoms. The number of nitrogens with zero attached hydrogens (tertiary/aromatic N) is 3. The average Bonchev–Trinajstić information content (AvgIpc) is 2.16. The quantitative estimate of drug-likeness (QED) is 0.562. The van der Waals surface area contributed by atoms with Crippen molar-refractivity contribution in [3.8, 4) is 0 Å². The minimum atomic E-state index is 0.177. The van der Waals surface area contributed by atoms with Gasteiger partial charge in [0, 0.05) is 12.6 Å². The van der Waals surface area contributed by atoms with Crippen LogP contribution in [-0.2, 0) is 4.74 Å². The Morgan fingerprint density at radius 3 is 2.93 bits per heavy atom. The van der Waals surface area contributed by atoms with Gasteiger partial charge in [-0.2, -0.15) is 0 Å². The number of hydrogen-bond acceptors (Lipinski definition) is 4. The largest absolute Gasteiger partial charge is 0.377 e. The number of rotatable bonds is 1. The Morgan fingerprint density at radius 1 is 1.47 bits per heavy atom. The fraction of sp³-hybridized carbons (Fsp3) is 0.556. The molecule has 1 aliphatic rings. The van der Waals surface area contributed by atoms with Crippen LogP contribution in [0.1, 0.15) is 6.92 Å². The van der Waals surface area contributed by atoms with Crippen molar-refractivity contribution >= 4 is 29.0 Å². The smallest absolute Gasteiger partial charge is 0.225 e. The molecular formula is C9H11Cl2N3O. The molecule has 0 spiro atoms. The Kier molecular flexibility index (Phi) is 3.29. The highest BCUT2D eigenvalue weighted by atomic mass is 35.5. The van der Waals surface area contributed by atoms with Gasteiger partial charge in [0.05, 0.1) is 19.3 Å². The number of morpholine rings is 1. The predicted octanol–water partition coefficient (Wildman–Crippen LogP) is 2.01. The van der Waals surface area contributed by atoms with Crippen LogP contribution in [-0.4, -0.2) is 35.8 Å². The lowest BCUT2D eigenvalue weighted by molar-refractivity contribution is 0.0985. The maximum absolute atomic E-state index is 5.82. The first-order valence-corrected chi connectivity index (χ1v) is 5.47. The van der Waals surface area contributed by atoms with Crippen LogP contribution in [0.3, 0.4) is 0 Å². The zero-order valence-corrected chi connectivity index (χ0v) is 9.79. The van der Waals surface area contributed by atoms with Crippen molar-refractivity contribution in [3.05, 3.63) is 16.5 Å². The summed E-state index contributed by atoms with van der Waals surface area (Å²) < 4.78 is 5.34. The summed E-state index contributed by atoms with van der Waals surface area (Å²) in [5.41, 5.74) is 0. The molecule has 15 heavy (non-hydrogen) atoms. The first-order valence-electron chi connectivity index (χ1n) is 4.71. The first kappa shape index (κ1) is 10.9. The molecular weight excluding hydrogens is 237 g/mol. The van der Waals surface area contributed by atoms with Gasteiger partial charge in [-0.3, -0.25) is 0 Å². The lowest BCUT2D eigenvalue weighted by Crippen LogP contribution is -2.44. The van der Waals surface area contributed by atoms with Gasteiger partial charge in [-0.1, -0.05) is 11.6 Å². The highest BCUT2D eigenvalue weighted by molar-refractivity contribution is 6.32. The van der Waals surface area contributed by atoms with E-state index in [4.69, 9.17) is 27.9 Å². The van der Waals surface area contributed by atoms with Gasteiger partial charge >= 0.3 is 0 Å². The second-order valence-electron chi connectivity index (χ2n) is 3.44.